The van der Waals surface area contributed by atoms with Gasteiger partial charge in [-0.15, -0.1) is 0 Å². The van der Waals surface area contributed by atoms with Crippen molar-refractivity contribution in [2.24, 2.45) is 11.8 Å². The van der Waals surface area contributed by atoms with Gasteiger partial charge in [0.15, 0.2) is 0 Å². The number of rotatable bonds is 8. The van der Waals surface area contributed by atoms with E-state index < -0.39 is 0 Å². The van der Waals surface area contributed by atoms with Gasteiger partial charge in [-0.2, -0.15) is 0 Å². The molecule has 1 aromatic carbocycles. The number of allylic oxidation sites excluding steroid dienone is 1. The summed E-state index contributed by atoms with van der Waals surface area (Å²) in [7, 11) is 0. The number of carbonyl (C=O) groups is 1. The zero-order valence-corrected chi connectivity index (χ0v) is 18.9. The molecule has 0 aliphatic carbocycles. The summed E-state index contributed by atoms with van der Waals surface area (Å²) in [6.07, 6.45) is 5.38. The van der Waals surface area contributed by atoms with E-state index in [4.69, 9.17) is 0 Å². The van der Waals surface area contributed by atoms with Gasteiger partial charge in [-0.05, 0) is 44.0 Å². The van der Waals surface area contributed by atoms with Crippen LogP contribution in [0, 0.1) is 11.8 Å². The molecule has 2 aliphatic rings. The van der Waals surface area contributed by atoms with Gasteiger partial charge >= 0.3 is 0 Å². The molecule has 1 aromatic heterocycles. The molecule has 1 amide bonds. The quantitative estimate of drug-likeness (QED) is 0.669. The molecular weight excluding hydrogens is 402 g/mol. The summed E-state index contributed by atoms with van der Waals surface area (Å²) in [5.74, 6) is -0.181. The first-order chi connectivity index (χ1) is 15.6. The highest BCUT2D eigenvalue weighted by atomic mass is 16.3. The Labute approximate surface area is 189 Å². The Bertz CT molecular complexity index is 1030. The Kier molecular flexibility index (Phi) is 6.92. The lowest BCUT2D eigenvalue weighted by Crippen LogP contribution is -2.49. The summed E-state index contributed by atoms with van der Waals surface area (Å²) in [6, 6.07) is 13.6. The Morgan fingerprint density at radius 3 is 2.69 bits per heavy atom. The predicted octanol–water partition coefficient (Wildman–Crippen LogP) is 2.61. The normalized spacial score (nSPS) is 24.6. The molecule has 1 fully saturated rings. The first kappa shape index (κ1) is 22.5. The lowest BCUT2D eigenvalue weighted by atomic mass is 9.88. The molecule has 3 heterocycles. The van der Waals surface area contributed by atoms with E-state index in [2.05, 4.69) is 29.3 Å². The van der Waals surface area contributed by atoms with Gasteiger partial charge in [0.1, 0.15) is 0 Å². The van der Waals surface area contributed by atoms with Crippen LogP contribution in [0.5, 0.6) is 0 Å². The molecule has 0 spiro atoms. The fraction of sp³-hybridized carbons (Fsp3) is 0.462. The molecule has 0 saturated carbocycles. The van der Waals surface area contributed by atoms with Crippen LogP contribution >= 0.6 is 0 Å². The first-order valence-corrected chi connectivity index (χ1v) is 11.6. The van der Waals surface area contributed by atoms with Crippen molar-refractivity contribution in [1.82, 2.24) is 14.8 Å². The average molecular weight is 436 g/mol. The summed E-state index contributed by atoms with van der Waals surface area (Å²) in [5, 5.41) is 13.4. The molecule has 2 aliphatic heterocycles. The van der Waals surface area contributed by atoms with E-state index in [0.717, 1.165) is 25.1 Å². The summed E-state index contributed by atoms with van der Waals surface area (Å²) in [5.41, 5.74) is 2.83. The van der Waals surface area contributed by atoms with Crippen molar-refractivity contribution in [2.45, 2.75) is 45.3 Å². The summed E-state index contributed by atoms with van der Waals surface area (Å²) in [6.45, 7) is 5.79. The number of pyridine rings is 1. The number of hydrogen-bond acceptors (Lipinski definition) is 4. The number of hydrogen-bond donors (Lipinski definition) is 2. The van der Waals surface area contributed by atoms with Gasteiger partial charge < -0.3 is 15.0 Å². The highest BCUT2D eigenvalue weighted by Gasteiger charge is 2.55. The van der Waals surface area contributed by atoms with Crippen molar-refractivity contribution in [3.8, 4) is 0 Å². The van der Waals surface area contributed by atoms with E-state index in [1.165, 1.54) is 5.56 Å². The number of likely N-dealkylation sites (tertiary alicyclic amines) is 1. The molecule has 4 atom stereocenters. The van der Waals surface area contributed by atoms with E-state index in [0.29, 0.717) is 18.7 Å². The first-order valence-electron chi connectivity index (χ1n) is 11.6. The van der Waals surface area contributed by atoms with Crippen molar-refractivity contribution >= 4 is 12.0 Å². The topological polar surface area (TPSA) is 74.6 Å². The molecule has 0 radical (unpaired) electrons. The number of amides is 1. The maximum atomic E-state index is 13.3. The van der Waals surface area contributed by atoms with Gasteiger partial charge in [-0.3, -0.25) is 14.5 Å². The second-order valence-corrected chi connectivity index (χ2v) is 8.79. The van der Waals surface area contributed by atoms with E-state index >= 15 is 0 Å². The zero-order chi connectivity index (χ0) is 22.7. The van der Waals surface area contributed by atoms with E-state index in [-0.39, 0.29) is 42.0 Å². The Morgan fingerprint density at radius 2 is 2.00 bits per heavy atom. The van der Waals surface area contributed by atoms with Crippen LogP contribution < -0.4 is 10.9 Å². The fourth-order valence-corrected chi connectivity index (χ4v) is 5.53. The number of aliphatic hydroxyl groups excluding tert-OH is 1. The minimum atomic E-state index is -0.384. The highest BCUT2D eigenvalue weighted by molar-refractivity contribution is 5.82. The third-order valence-electron chi connectivity index (χ3n) is 6.87. The van der Waals surface area contributed by atoms with E-state index in [9.17, 15) is 14.7 Å². The molecule has 6 heteroatoms. The molecule has 2 N–H and O–H groups in total. The smallest absolute Gasteiger partial charge is 0.258 e. The molecule has 170 valence electrons. The molecule has 32 heavy (non-hydrogen) atoms. The lowest BCUT2D eigenvalue weighted by Gasteiger charge is -2.30. The SMILES string of the molecule is C/C=C\c1ccc2n(c1=O)C[C@H]1[C@H](CO)[C@@H](C(=O)NCCc3ccccc3)N(CCC)[C@@H]21. The Hall–Kier alpha value is -2.70. The lowest BCUT2D eigenvalue weighted by molar-refractivity contribution is -0.127. The molecule has 4 rings (SSSR count). The van der Waals surface area contributed by atoms with Crippen LogP contribution in [-0.2, 0) is 17.8 Å². The maximum Gasteiger partial charge on any atom is 0.258 e. The third-order valence-corrected chi connectivity index (χ3v) is 6.87. The highest BCUT2D eigenvalue weighted by Crippen LogP contribution is 2.49. The molecule has 6 nitrogen and oxygen atoms in total. The van der Waals surface area contributed by atoms with Gasteiger partial charge in [0, 0.05) is 42.8 Å². The Morgan fingerprint density at radius 1 is 1.22 bits per heavy atom. The largest absolute Gasteiger partial charge is 0.396 e. The van der Waals surface area contributed by atoms with Crippen LogP contribution in [0.3, 0.4) is 0 Å². The predicted molar refractivity (Wildman–Crippen MR) is 126 cm³/mol. The maximum absolute atomic E-state index is 13.3. The fourth-order valence-electron chi connectivity index (χ4n) is 5.53. The number of fused-ring (bicyclic) bond motifs is 3. The minimum absolute atomic E-state index is 0.00648. The van der Waals surface area contributed by atoms with Crippen molar-refractivity contribution in [1.29, 1.82) is 0 Å². The van der Waals surface area contributed by atoms with Crippen LogP contribution in [0.2, 0.25) is 0 Å². The van der Waals surface area contributed by atoms with Crippen molar-refractivity contribution < 1.29 is 9.90 Å². The summed E-state index contributed by atoms with van der Waals surface area (Å²) in [4.78, 5) is 28.5. The number of nitrogens with zero attached hydrogens (tertiary/aromatic N) is 2. The van der Waals surface area contributed by atoms with E-state index in [1.807, 2.05) is 54.0 Å². The van der Waals surface area contributed by atoms with Crippen LogP contribution in [0.25, 0.3) is 6.08 Å². The van der Waals surface area contributed by atoms with Crippen LogP contribution in [-0.4, -0.2) is 46.2 Å². The van der Waals surface area contributed by atoms with Gasteiger partial charge in [0.25, 0.3) is 5.56 Å². The van der Waals surface area contributed by atoms with Gasteiger partial charge in [0.05, 0.1) is 12.1 Å². The molecular formula is C26H33N3O3. The number of aromatic nitrogens is 1. The van der Waals surface area contributed by atoms with Crippen LogP contribution in [0.4, 0.5) is 0 Å². The van der Waals surface area contributed by atoms with Crippen molar-refractivity contribution in [3.63, 3.8) is 0 Å². The standard InChI is InChI=1S/C26H33N3O3/c1-3-8-19-11-12-22-23-20(16-29(22)26(19)32)21(17-30)24(28(23)15-4-2)25(31)27-14-13-18-9-6-5-7-10-18/h3,5-12,20-21,23-24,30H,4,13-17H2,1-2H3,(H,27,31)/b8-3-/t20-,21-,23+,24-/m0/s1. The molecule has 0 bridgehead atoms. The van der Waals surface area contributed by atoms with Crippen molar-refractivity contribution in [3.05, 3.63) is 75.7 Å². The molecule has 1 saturated heterocycles. The minimum Gasteiger partial charge on any atom is -0.396 e. The number of aliphatic hydroxyl groups is 1. The van der Waals surface area contributed by atoms with Gasteiger partial charge in [0.2, 0.25) is 5.91 Å². The number of benzene rings is 1. The van der Waals surface area contributed by atoms with Crippen LogP contribution in [0.15, 0.2) is 53.3 Å². The third kappa shape index (κ3) is 4.05. The van der Waals surface area contributed by atoms with Gasteiger partial charge in [-0.25, -0.2) is 0 Å². The second-order valence-electron chi connectivity index (χ2n) is 8.79. The second kappa shape index (κ2) is 9.84. The van der Waals surface area contributed by atoms with E-state index in [1.54, 1.807) is 0 Å². The Balaban J connectivity index is 1.57. The number of nitrogens with one attached hydrogen (secondary N) is 1. The van der Waals surface area contributed by atoms with Crippen molar-refractivity contribution in [2.75, 3.05) is 19.7 Å². The molecule has 2 aromatic rings. The summed E-state index contributed by atoms with van der Waals surface area (Å²) >= 11 is 0. The van der Waals surface area contributed by atoms with Gasteiger partial charge in [-0.1, -0.05) is 49.4 Å². The molecule has 0 unspecified atom stereocenters. The summed E-state index contributed by atoms with van der Waals surface area (Å²) < 4.78 is 1.85. The zero-order valence-electron chi connectivity index (χ0n) is 18.9. The average Bonchev–Trinajstić information content (AvgIpc) is 3.32. The number of carbonyl (C=O) groups excluding carboxylic acids is 1. The van der Waals surface area contributed by atoms with Crippen LogP contribution in [0.1, 0.15) is 43.1 Å². The monoisotopic (exact) mass is 435 g/mol.